The lowest BCUT2D eigenvalue weighted by molar-refractivity contribution is -0.115. The first kappa shape index (κ1) is 24.1. The van der Waals surface area contributed by atoms with Gasteiger partial charge in [0.2, 0.25) is 0 Å². The van der Waals surface area contributed by atoms with Gasteiger partial charge in [-0.25, -0.2) is 4.39 Å². The van der Waals surface area contributed by atoms with Crippen LogP contribution in [0.2, 0.25) is 0 Å². The first-order valence-corrected chi connectivity index (χ1v) is 11.2. The number of benzene rings is 2. The third-order valence-electron chi connectivity index (χ3n) is 4.96. The zero-order valence-corrected chi connectivity index (χ0v) is 19.4. The molecule has 1 heterocycles. The molecular formula is C25H24FN3O3S. The van der Waals surface area contributed by atoms with E-state index in [-0.39, 0.29) is 33.6 Å². The predicted molar refractivity (Wildman–Crippen MR) is 127 cm³/mol. The first-order chi connectivity index (χ1) is 15.9. The van der Waals surface area contributed by atoms with Gasteiger partial charge in [-0.05, 0) is 35.3 Å². The molecule has 0 aliphatic heterocycles. The lowest BCUT2D eigenvalue weighted by Crippen LogP contribution is -2.35. The maximum Gasteiger partial charge on any atom is 0.273 e. The van der Waals surface area contributed by atoms with Gasteiger partial charge in [0.05, 0.1) is 16.8 Å². The standard InChI is InChI=1S/C25H24FN3O3S/c1-16(2)18-10-8-17(9-11-18)14-22-24(31)29(21-7-5-4-6-20(21)26)25(33-22)19(15-27)23(30)28-12-13-32-3/h4-11,14,16H,12-13H2,1-3H3,(H,28,30)/b22-14-,25-19-. The number of hydrogen-bond acceptors (Lipinski definition) is 5. The number of carbonyl (C=O) groups is 1. The second-order valence-electron chi connectivity index (χ2n) is 7.56. The summed E-state index contributed by atoms with van der Waals surface area (Å²) < 4.78 is 21.0. The van der Waals surface area contributed by atoms with E-state index in [1.807, 2.05) is 30.3 Å². The summed E-state index contributed by atoms with van der Waals surface area (Å²) in [4.78, 5) is 26.0. The molecule has 2 aromatic carbocycles. The van der Waals surface area contributed by atoms with E-state index in [0.717, 1.165) is 27.0 Å². The molecule has 3 aromatic rings. The summed E-state index contributed by atoms with van der Waals surface area (Å²) in [7, 11) is 1.49. The van der Waals surface area contributed by atoms with Crippen molar-refractivity contribution in [2.24, 2.45) is 0 Å². The van der Waals surface area contributed by atoms with Crippen LogP contribution in [0.15, 0.2) is 53.3 Å². The fourth-order valence-electron chi connectivity index (χ4n) is 3.18. The smallest absolute Gasteiger partial charge is 0.273 e. The highest BCUT2D eigenvalue weighted by Crippen LogP contribution is 2.15. The van der Waals surface area contributed by atoms with Crippen LogP contribution in [0.5, 0.6) is 0 Å². The Bertz CT molecular complexity index is 1370. The molecule has 3 rings (SSSR count). The number of nitriles is 1. The lowest BCUT2D eigenvalue weighted by Gasteiger charge is -2.06. The van der Waals surface area contributed by atoms with Gasteiger partial charge in [-0.2, -0.15) is 5.26 Å². The zero-order chi connectivity index (χ0) is 24.0. The van der Waals surface area contributed by atoms with E-state index in [2.05, 4.69) is 19.2 Å². The maximum atomic E-state index is 14.6. The molecule has 6 nitrogen and oxygen atoms in total. The van der Waals surface area contributed by atoms with E-state index < -0.39 is 17.3 Å². The summed E-state index contributed by atoms with van der Waals surface area (Å²) in [6, 6.07) is 15.4. The van der Waals surface area contributed by atoms with E-state index in [1.165, 1.54) is 25.3 Å². The normalized spacial score (nSPS) is 12.5. The number of nitrogens with one attached hydrogen (secondary N) is 1. The number of hydrogen-bond donors (Lipinski definition) is 1. The highest BCUT2D eigenvalue weighted by atomic mass is 32.1. The number of halogens is 1. The third-order valence-corrected chi connectivity index (χ3v) is 6.05. The number of methoxy groups -OCH3 is 1. The fraction of sp³-hybridized carbons (Fsp3) is 0.240. The van der Waals surface area contributed by atoms with Crippen LogP contribution in [0.25, 0.3) is 17.3 Å². The van der Waals surface area contributed by atoms with Crippen LogP contribution in [-0.4, -0.2) is 30.7 Å². The number of ether oxygens (including phenoxy) is 1. The molecule has 1 amide bonds. The highest BCUT2D eigenvalue weighted by molar-refractivity contribution is 7.07. The quantitative estimate of drug-likeness (QED) is 0.543. The van der Waals surface area contributed by atoms with Crippen LogP contribution in [0.1, 0.15) is 30.9 Å². The molecule has 0 bridgehead atoms. The predicted octanol–water partition coefficient (Wildman–Crippen LogP) is 2.43. The van der Waals surface area contributed by atoms with Crippen LogP contribution in [0.3, 0.4) is 0 Å². The molecule has 0 radical (unpaired) electrons. The van der Waals surface area contributed by atoms with Crippen LogP contribution >= 0.6 is 11.3 Å². The molecule has 1 N–H and O–H groups in total. The number of carbonyl (C=O) groups excluding carboxylic acids is 1. The zero-order valence-electron chi connectivity index (χ0n) is 18.6. The molecule has 0 saturated heterocycles. The summed E-state index contributed by atoms with van der Waals surface area (Å²) in [5, 5.41) is 12.3. The topological polar surface area (TPSA) is 84.1 Å². The van der Waals surface area contributed by atoms with Gasteiger partial charge in [0.25, 0.3) is 11.5 Å². The van der Waals surface area contributed by atoms with E-state index >= 15 is 0 Å². The molecule has 0 spiro atoms. The molecule has 1 aromatic heterocycles. The van der Waals surface area contributed by atoms with Gasteiger partial charge in [0.1, 0.15) is 16.5 Å². The highest BCUT2D eigenvalue weighted by Gasteiger charge is 2.18. The van der Waals surface area contributed by atoms with E-state index in [9.17, 15) is 19.2 Å². The summed E-state index contributed by atoms with van der Waals surface area (Å²) in [5.41, 5.74) is 1.14. The molecule has 0 unspecified atom stereocenters. The van der Waals surface area contributed by atoms with Gasteiger partial charge in [-0.1, -0.05) is 50.2 Å². The largest absolute Gasteiger partial charge is 0.383 e. The van der Waals surface area contributed by atoms with Gasteiger partial charge in [0, 0.05) is 13.7 Å². The Hall–Kier alpha value is -3.54. The molecule has 0 saturated carbocycles. The number of para-hydroxylation sites is 1. The molecule has 0 aliphatic rings. The van der Waals surface area contributed by atoms with Gasteiger partial charge in [-0.3, -0.25) is 14.2 Å². The van der Waals surface area contributed by atoms with E-state index in [4.69, 9.17) is 4.74 Å². The van der Waals surface area contributed by atoms with Crippen LogP contribution < -0.4 is 20.1 Å². The second-order valence-corrected chi connectivity index (χ2v) is 8.60. The van der Waals surface area contributed by atoms with Crippen molar-refractivity contribution in [1.29, 1.82) is 5.26 Å². The summed E-state index contributed by atoms with van der Waals surface area (Å²) in [6.07, 6.45) is 1.68. The molecule has 0 fully saturated rings. The molecular weight excluding hydrogens is 441 g/mol. The molecule has 170 valence electrons. The second kappa shape index (κ2) is 10.9. The van der Waals surface area contributed by atoms with Crippen molar-refractivity contribution in [1.82, 2.24) is 9.88 Å². The van der Waals surface area contributed by atoms with Crippen molar-refractivity contribution < 1.29 is 13.9 Å². The fourth-order valence-corrected chi connectivity index (χ4v) is 4.28. The maximum absolute atomic E-state index is 14.6. The Labute approximate surface area is 194 Å². The third kappa shape index (κ3) is 5.45. The molecule has 0 aliphatic carbocycles. The van der Waals surface area contributed by atoms with Gasteiger partial charge in [0.15, 0.2) is 5.57 Å². The van der Waals surface area contributed by atoms with Crippen molar-refractivity contribution in [3.63, 3.8) is 0 Å². The van der Waals surface area contributed by atoms with Gasteiger partial charge < -0.3 is 10.1 Å². The van der Waals surface area contributed by atoms with Crippen molar-refractivity contribution in [3.8, 4) is 11.8 Å². The number of thiazole rings is 1. The summed E-state index contributed by atoms with van der Waals surface area (Å²) in [5.74, 6) is -0.924. The van der Waals surface area contributed by atoms with E-state index in [1.54, 1.807) is 12.1 Å². The number of rotatable bonds is 7. The Morgan fingerprint density at radius 3 is 2.55 bits per heavy atom. The Kier molecular flexibility index (Phi) is 7.93. The first-order valence-electron chi connectivity index (χ1n) is 10.4. The minimum absolute atomic E-state index is 0.0269. The minimum atomic E-state index is -0.659. The van der Waals surface area contributed by atoms with Crippen LogP contribution in [0.4, 0.5) is 4.39 Å². The molecule has 8 heteroatoms. The number of amides is 1. The number of aromatic nitrogens is 1. The summed E-state index contributed by atoms with van der Waals surface area (Å²) >= 11 is 0.972. The average molecular weight is 466 g/mol. The van der Waals surface area contributed by atoms with Crippen molar-refractivity contribution in [3.05, 3.63) is 85.0 Å². The van der Waals surface area contributed by atoms with Crippen molar-refractivity contribution in [2.75, 3.05) is 20.3 Å². The Balaban J connectivity index is 2.27. The lowest BCUT2D eigenvalue weighted by atomic mass is 10.0. The minimum Gasteiger partial charge on any atom is -0.383 e. The molecule has 0 atom stereocenters. The van der Waals surface area contributed by atoms with Gasteiger partial charge in [-0.15, -0.1) is 11.3 Å². The van der Waals surface area contributed by atoms with E-state index in [0.29, 0.717) is 5.92 Å². The summed E-state index contributed by atoms with van der Waals surface area (Å²) in [6.45, 7) is 4.64. The monoisotopic (exact) mass is 465 g/mol. The average Bonchev–Trinajstić information content (AvgIpc) is 3.10. The van der Waals surface area contributed by atoms with Crippen LogP contribution in [-0.2, 0) is 9.53 Å². The Morgan fingerprint density at radius 1 is 1.24 bits per heavy atom. The van der Waals surface area contributed by atoms with Crippen LogP contribution in [0, 0.1) is 17.1 Å². The van der Waals surface area contributed by atoms with Crippen molar-refractivity contribution >= 4 is 28.9 Å². The number of nitrogens with zero attached hydrogens (tertiary/aromatic N) is 2. The Morgan fingerprint density at radius 2 is 1.94 bits per heavy atom. The van der Waals surface area contributed by atoms with Gasteiger partial charge >= 0.3 is 0 Å². The molecule has 33 heavy (non-hydrogen) atoms. The van der Waals surface area contributed by atoms with Crippen molar-refractivity contribution in [2.45, 2.75) is 19.8 Å². The SMILES string of the molecule is COCCNC(=O)/C(C#N)=c1\s/c(=C\c2ccc(C(C)C)cc2)c(=O)n1-c1ccccc1F.